The van der Waals surface area contributed by atoms with Crippen molar-refractivity contribution in [3.05, 3.63) is 24.2 Å². The minimum atomic E-state index is 0.691. The predicted molar refractivity (Wildman–Crippen MR) is 79.8 cm³/mol. The molecule has 2 aliphatic rings. The van der Waals surface area contributed by atoms with Gasteiger partial charge in [-0.25, -0.2) is 0 Å². The summed E-state index contributed by atoms with van der Waals surface area (Å²) in [5, 5.41) is 4.20. The smallest absolute Gasteiger partial charge is 0.169 e. The third-order valence-corrected chi connectivity index (χ3v) is 4.97. The van der Waals surface area contributed by atoms with Gasteiger partial charge in [-0.2, -0.15) is 0 Å². The van der Waals surface area contributed by atoms with E-state index in [1.165, 1.54) is 32.1 Å². The Labute approximate surface area is 120 Å². The number of hydrogen-bond acceptors (Lipinski definition) is 2. The Morgan fingerprint density at radius 2 is 2.16 bits per heavy atom. The van der Waals surface area contributed by atoms with Gasteiger partial charge < -0.3 is 14.6 Å². The van der Waals surface area contributed by atoms with E-state index in [2.05, 4.69) is 10.2 Å². The SMILES string of the molecule is S=C(NCc1ccco1)N1CC[C@@H]2CCCC[C@@H]2C1. The summed E-state index contributed by atoms with van der Waals surface area (Å²) in [6.07, 6.45) is 8.68. The van der Waals surface area contributed by atoms with E-state index in [1.807, 2.05) is 12.1 Å². The fourth-order valence-electron chi connectivity index (χ4n) is 3.47. The molecule has 0 radical (unpaired) electrons. The average molecular weight is 278 g/mol. The Bertz CT molecular complexity index is 418. The van der Waals surface area contributed by atoms with Crippen LogP contribution in [-0.4, -0.2) is 23.1 Å². The van der Waals surface area contributed by atoms with Gasteiger partial charge in [0.2, 0.25) is 0 Å². The standard InChI is InChI=1S/C15H22N2OS/c19-15(16-10-14-6-3-9-18-14)17-8-7-12-4-1-2-5-13(12)11-17/h3,6,9,12-13H,1-2,4-5,7-8,10-11H2,(H,16,19)/t12-,13+/m0/s1. The highest BCUT2D eigenvalue weighted by Gasteiger charge is 2.31. The largest absolute Gasteiger partial charge is 0.467 e. The number of thiocarbonyl (C=S) groups is 1. The quantitative estimate of drug-likeness (QED) is 0.841. The Morgan fingerprint density at radius 1 is 1.32 bits per heavy atom. The van der Waals surface area contributed by atoms with Gasteiger partial charge in [-0.1, -0.05) is 19.3 Å². The van der Waals surface area contributed by atoms with Crippen LogP contribution in [0, 0.1) is 11.8 Å². The molecule has 1 aromatic rings. The van der Waals surface area contributed by atoms with Crippen molar-refractivity contribution in [1.82, 2.24) is 10.2 Å². The van der Waals surface area contributed by atoms with Crippen LogP contribution in [0.1, 0.15) is 37.9 Å². The van der Waals surface area contributed by atoms with E-state index in [0.717, 1.165) is 35.8 Å². The van der Waals surface area contributed by atoms with Crippen molar-refractivity contribution in [2.24, 2.45) is 11.8 Å². The molecule has 3 rings (SSSR count). The van der Waals surface area contributed by atoms with Gasteiger partial charge in [-0.05, 0) is 49.0 Å². The summed E-state index contributed by atoms with van der Waals surface area (Å²) in [5.74, 6) is 2.76. The van der Waals surface area contributed by atoms with Crippen molar-refractivity contribution in [3.63, 3.8) is 0 Å². The van der Waals surface area contributed by atoms with Gasteiger partial charge in [0.25, 0.3) is 0 Å². The number of furan rings is 1. The summed E-state index contributed by atoms with van der Waals surface area (Å²) in [5.41, 5.74) is 0. The van der Waals surface area contributed by atoms with Crippen LogP contribution < -0.4 is 5.32 Å². The van der Waals surface area contributed by atoms with Crippen molar-refractivity contribution >= 4 is 17.3 Å². The number of fused-ring (bicyclic) bond motifs is 1. The zero-order valence-electron chi connectivity index (χ0n) is 11.3. The van der Waals surface area contributed by atoms with E-state index in [9.17, 15) is 0 Å². The minimum absolute atomic E-state index is 0.691. The van der Waals surface area contributed by atoms with Crippen LogP contribution >= 0.6 is 12.2 Å². The van der Waals surface area contributed by atoms with Crippen molar-refractivity contribution in [2.75, 3.05) is 13.1 Å². The molecule has 2 heterocycles. The first-order valence-corrected chi connectivity index (χ1v) is 7.79. The maximum Gasteiger partial charge on any atom is 0.169 e. The molecule has 4 heteroatoms. The highest BCUT2D eigenvalue weighted by Crippen LogP contribution is 2.35. The number of likely N-dealkylation sites (tertiary alicyclic amines) is 1. The lowest BCUT2D eigenvalue weighted by molar-refractivity contribution is 0.129. The molecule has 1 aliphatic carbocycles. The molecule has 19 heavy (non-hydrogen) atoms. The summed E-state index contributed by atoms with van der Waals surface area (Å²) in [4.78, 5) is 2.35. The third kappa shape index (κ3) is 3.11. The van der Waals surface area contributed by atoms with Gasteiger partial charge in [0.15, 0.2) is 5.11 Å². The fraction of sp³-hybridized carbons (Fsp3) is 0.667. The first-order valence-electron chi connectivity index (χ1n) is 7.38. The van der Waals surface area contributed by atoms with Crippen molar-refractivity contribution < 1.29 is 4.42 Å². The van der Waals surface area contributed by atoms with Crippen LogP contribution in [0.4, 0.5) is 0 Å². The van der Waals surface area contributed by atoms with Crippen LogP contribution in [0.2, 0.25) is 0 Å². The summed E-state index contributed by atoms with van der Waals surface area (Å²) in [6, 6.07) is 3.89. The van der Waals surface area contributed by atoms with Crippen LogP contribution in [0.5, 0.6) is 0 Å². The zero-order chi connectivity index (χ0) is 13.1. The molecule has 0 unspecified atom stereocenters. The zero-order valence-corrected chi connectivity index (χ0v) is 12.1. The average Bonchev–Trinajstić information content (AvgIpc) is 2.97. The van der Waals surface area contributed by atoms with E-state index in [-0.39, 0.29) is 0 Å². The van der Waals surface area contributed by atoms with Crippen LogP contribution in [0.15, 0.2) is 22.8 Å². The highest BCUT2D eigenvalue weighted by molar-refractivity contribution is 7.80. The molecule has 0 amide bonds. The predicted octanol–water partition coefficient (Wildman–Crippen LogP) is 3.17. The molecular formula is C15H22N2OS. The number of nitrogens with one attached hydrogen (secondary N) is 1. The first kappa shape index (κ1) is 13.0. The number of nitrogens with zero attached hydrogens (tertiary/aromatic N) is 1. The summed E-state index contributed by atoms with van der Waals surface area (Å²) < 4.78 is 5.32. The van der Waals surface area contributed by atoms with Gasteiger partial charge in [0.1, 0.15) is 5.76 Å². The molecule has 1 aliphatic heterocycles. The van der Waals surface area contributed by atoms with Gasteiger partial charge in [0.05, 0.1) is 12.8 Å². The Kier molecular flexibility index (Phi) is 4.06. The number of piperidine rings is 1. The maximum absolute atomic E-state index is 5.51. The molecule has 2 atom stereocenters. The van der Waals surface area contributed by atoms with E-state index < -0.39 is 0 Å². The summed E-state index contributed by atoms with van der Waals surface area (Å²) >= 11 is 5.51. The topological polar surface area (TPSA) is 28.4 Å². The Hall–Kier alpha value is -1.03. The van der Waals surface area contributed by atoms with Crippen LogP contribution in [-0.2, 0) is 6.54 Å². The second-order valence-electron chi connectivity index (χ2n) is 5.78. The number of rotatable bonds is 2. The lowest BCUT2D eigenvalue weighted by Crippen LogP contribution is -2.48. The monoisotopic (exact) mass is 278 g/mol. The summed E-state index contributed by atoms with van der Waals surface area (Å²) in [6.45, 7) is 2.95. The highest BCUT2D eigenvalue weighted by atomic mass is 32.1. The lowest BCUT2D eigenvalue weighted by atomic mass is 9.75. The van der Waals surface area contributed by atoms with Gasteiger partial charge in [-0.15, -0.1) is 0 Å². The normalized spacial score (nSPS) is 26.8. The molecule has 1 saturated heterocycles. The van der Waals surface area contributed by atoms with Gasteiger partial charge in [0, 0.05) is 13.1 Å². The van der Waals surface area contributed by atoms with Gasteiger partial charge in [-0.3, -0.25) is 0 Å². The molecule has 2 fully saturated rings. The van der Waals surface area contributed by atoms with E-state index in [0.29, 0.717) is 6.54 Å². The van der Waals surface area contributed by atoms with E-state index in [1.54, 1.807) is 6.26 Å². The molecule has 1 aromatic heterocycles. The second-order valence-corrected chi connectivity index (χ2v) is 6.16. The molecular weight excluding hydrogens is 256 g/mol. The van der Waals surface area contributed by atoms with Crippen molar-refractivity contribution in [2.45, 2.75) is 38.6 Å². The third-order valence-electron chi connectivity index (χ3n) is 4.57. The lowest BCUT2D eigenvalue weighted by Gasteiger charge is -2.42. The molecule has 1 saturated carbocycles. The minimum Gasteiger partial charge on any atom is -0.467 e. The second kappa shape index (κ2) is 5.95. The molecule has 0 aromatic carbocycles. The Morgan fingerprint density at radius 3 is 2.95 bits per heavy atom. The number of hydrogen-bond donors (Lipinski definition) is 1. The first-order chi connectivity index (χ1) is 9.33. The Balaban J connectivity index is 1.50. The van der Waals surface area contributed by atoms with E-state index in [4.69, 9.17) is 16.6 Å². The van der Waals surface area contributed by atoms with Crippen LogP contribution in [0.3, 0.4) is 0 Å². The molecule has 1 N–H and O–H groups in total. The van der Waals surface area contributed by atoms with Crippen molar-refractivity contribution in [3.8, 4) is 0 Å². The molecule has 3 nitrogen and oxygen atoms in total. The van der Waals surface area contributed by atoms with Gasteiger partial charge >= 0.3 is 0 Å². The molecule has 0 bridgehead atoms. The summed E-state index contributed by atoms with van der Waals surface area (Å²) in [7, 11) is 0. The molecule has 104 valence electrons. The van der Waals surface area contributed by atoms with E-state index >= 15 is 0 Å². The molecule has 0 spiro atoms. The fourth-order valence-corrected chi connectivity index (χ4v) is 3.71. The van der Waals surface area contributed by atoms with Crippen molar-refractivity contribution in [1.29, 1.82) is 0 Å². The maximum atomic E-state index is 5.51. The van der Waals surface area contributed by atoms with Crippen LogP contribution in [0.25, 0.3) is 0 Å².